The topological polar surface area (TPSA) is 32.3 Å². The highest BCUT2D eigenvalue weighted by molar-refractivity contribution is 5.78. The van der Waals surface area contributed by atoms with Gasteiger partial charge in [0, 0.05) is 6.54 Å². The van der Waals surface area contributed by atoms with Crippen LogP contribution in [0.15, 0.2) is 30.3 Å². The van der Waals surface area contributed by atoms with Crippen LogP contribution in [0.1, 0.15) is 18.4 Å². The summed E-state index contributed by atoms with van der Waals surface area (Å²) in [5.74, 6) is 0.155. The predicted molar refractivity (Wildman–Crippen MR) is 68.8 cm³/mol. The van der Waals surface area contributed by atoms with Gasteiger partial charge in [-0.25, -0.2) is 0 Å². The van der Waals surface area contributed by atoms with E-state index in [1.165, 1.54) is 18.4 Å². The molecule has 0 aromatic heterocycles. The van der Waals surface area contributed by atoms with Crippen LogP contribution in [0, 0.1) is 0 Å². The van der Waals surface area contributed by atoms with Gasteiger partial charge >= 0.3 is 0 Å². The average molecular weight is 232 g/mol. The zero-order chi connectivity index (χ0) is 11.9. The molecular formula is C14H20N2O. The summed E-state index contributed by atoms with van der Waals surface area (Å²) >= 11 is 0. The fourth-order valence-electron chi connectivity index (χ4n) is 2.19. The number of amides is 1. The van der Waals surface area contributed by atoms with Gasteiger partial charge in [-0.2, -0.15) is 0 Å². The highest BCUT2D eigenvalue weighted by atomic mass is 16.2. The van der Waals surface area contributed by atoms with E-state index in [0.717, 1.165) is 26.1 Å². The monoisotopic (exact) mass is 232 g/mol. The first-order valence-corrected chi connectivity index (χ1v) is 6.37. The van der Waals surface area contributed by atoms with E-state index in [2.05, 4.69) is 22.3 Å². The van der Waals surface area contributed by atoms with Crippen molar-refractivity contribution < 1.29 is 4.79 Å². The molecule has 1 aromatic carbocycles. The van der Waals surface area contributed by atoms with E-state index in [4.69, 9.17) is 0 Å². The maximum Gasteiger partial charge on any atom is 0.234 e. The lowest BCUT2D eigenvalue weighted by molar-refractivity contribution is -0.121. The summed E-state index contributed by atoms with van der Waals surface area (Å²) in [6.07, 6.45) is 3.38. The number of hydrogen-bond acceptors (Lipinski definition) is 2. The van der Waals surface area contributed by atoms with Gasteiger partial charge in [0.25, 0.3) is 0 Å². The highest BCUT2D eigenvalue weighted by Crippen LogP contribution is 2.05. The fraction of sp³-hybridized carbons (Fsp3) is 0.500. The molecule has 0 saturated carbocycles. The first kappa shape index (κ1) is 12.1. The third kappa shape index (κ3) is 4.19. The van der Waals surface area contributed by atoms with Gasteiger partial charge < -0.3 is 5.32 Å². The molecule has 1 saturated heterocycles. The summed E-state index contributed by atoms with van der Waals surface area (Å²) in [7, 11) is 0. The Hall–Kier alpha value is -1.35. The molecule has 17 heavy (non-hydrogen) atoms. The molecule has 1 aromatic rings. The summed E-state index contributed by atoms with van der Waals surface area (Å²) < 4.78 is 0. The predicted octanol–water partition coefficient (Wildman–Crippen LogP) is 1.44. The standard InChI is InChI=1S/C14H20N2O/c17-14(12-16-10-4-5-11-16)15-9-8-13-6-2-1-3-7-13/h1-3,6-7H,4-5,8-12H2,(H,15,17). The Kier molecular flexibility index (Phi) is 4.56. The quantitative estimate of drug-likeness (QED) is 0.833. The molecule has 3 heteroatoms. The molecule has 0 bridgehead atoms. The molecule has 0 radical (unpaired) electrons. The van der Waals surface area contributed by atoms with Crippen LogP contribution in [0.3, 0.4) is 0 Å². The zero-order valence-corrected chi connectivity index (χ0v) is 10.2. The van der Waals surface area contributed by atoms with Crippen molar-refractivity contribution >= 4 is 5.91 Å². The van der Waals surface area contributed by atoms with Gasteiger partial charge in [0.15, 0.2) is 0 Å². The Morgan fingerprint density at radius 2 is 1.88 bits per heavy atom. The summed E-state index contributed by atoms with van der Waals surface area (Å²) in [6, 6.07) is 10.2. The van der Waals surface area contributed by atoms with Crippen molar-refractivity contribution in [1.82, 2.24) is 10.2 Å². The minimum absolute atomic E-state index is 0.155. The summed E-state index contributed by atoms with van der Waals surface area (Å²) in [4.78, 5) is 13.9. The van der Waals surface area contributed by atoms with Crippen molar-refractivity contribution in [3.05, 3.63) is 35.9 Å². The van der Waals surface area contributed by atoms with Crippen LogP contribution in [0.4, 0.5) is 0 Å². The summed E-state index contributed by atoms with van der Waals surface area (Å²) in [5.41, 5.74) is 1.27. The van der Waals surface area contributed by atoms with E-state index < -0.39 is 0 Å². The summed E-state index contributed by atoms with van der Waals surface area (Å²) in [5, 5.41) is 2.98. The number of nitrogens with one attached hydrogen (secondary N) is 1. The van der Waals surface area contributed by atoms with Gasteiger partial charge in [-0.05, 0) is 37.9 Å². The lowest BCUT2D eigenvalue weighted by Gasteiger charge is -2.13. The molecule has 92 valence electrons. The number of carbonyl (C=O) groups is 1. The number of benzene rings is 1. The van der Waals surface area contributed by atoms with E-state index in [9.17, 15) is 4.79 Å². The van der Waals surface area contributed by atoms with Crippen LogP contribution in [-0.4, -0.2) is 37.0 Å². The van der Waals surface area contributed by atoms with E-state index in [-0.39, 0.29) is 5.91 Å². The van der Waals surface area contributed by atoms with E-state index in [0.29, 0.717) is 6.54 Å². The van der Waals surface area contributed by atoms with Gasteiger partial charge in [-0.15, -0.1) is 0 Å². The van der Waals surface area contributed by atoms with Crippen LogP contribution in [0.25, 0.3) is 0 Å². The number of rotatable bonds is 5. The van der Waals surface area contributed by atoms with Gasteiger partial charge in [0.05, 0.1) is 6.54 Å². The second-order valence-electron chi connectivity index (χ2n) is 4.57. The van der Waals surface area contributed by atoms with Crippen molar-refractivity contribution in [2.45, 2.75) is 19.3 Å². The lowest BCUT2D eigenvalue weighted by atomic mass is 10.1. The molecule has 0 spiro atoms. The summed E-state index contributed by atoms with van der Waals surface area (Å²) in [6.45, 7) is 3.45. The molecular weight excluding hydrogens is 212 g/mol. The Labute approximate surface area is 103 Å². The minimum atomic E-state index is 0.155. The molecule has 0 unspecified atom stereocenters. The molecule has 1 fully saturated rings. The van der Waals surface area contributed by atoms with E-state index in [1.54, 1.807) is 0 Å². The van der Waals surface area contributed by atoms with Crippen LogP contribution >= 0.6 is 0 Å². The number of carbonyl (C=O) groups excluding carboxylic acids is 1. The van der Waals surface area contributed by atoms with Crippen LogP contribution in [-0.2, 0) is 11.2 Å². The smallest absolute Gasteiger partial charge is 0.234 e. The van der Waals surface area contributed by atoms with Crippen molar-refractivity contribution in [3.8, 4) is 0 Å². The Morgan fingerprint density at radius 3 is 2.59 bits per heavy atom. The van der Waals surface area contributed by atoms with Crippen molar-refractivity contribution in [2.24, 2.45) is 0 Å². The molecule has 0 atom stereocenters. The largest absolute Gasteiger partial charge is 0.355 e. The molecule has 3 nitrogen and oxygen atoms in total. The van der Waals surface area contributed by atoms with E-state index in [1.807, 2.05) is 18.2 Å². The third-order valence-corrected chi connectivity index (χ3v) is 3.14. The molecule has 1 heterocycles. The Balaban J connectivity index is 1.63. The maximum atomic E-state index is 11.6. The zero-order valence-electron chi connectivity index (χ0n) is 10.2. The number of hydrogen-bond donors (Lipinski definition) is 1. The lowest BCUT2D eigenvalue weighted by Crippen LogP contribution is -2.36. The first-order chi connectivity index (χ1) is 8.34. The van der Waals surface area contributed by atoms with Crippen LogP contribution < -0.4 is 5.32 Å². The van der Waals surface area contributed by atoms with Gasteiger partial charge in [-0.3, -0.25) is 9.69 Å². The molecule has 1 aliphatic rings. The van der Waals surface area contributed by atoms with E-state index >= 15 is 0 Å². The third-order valence-electron chi connectivity index (χ3n) is 3.14. The fourth-order valence-corrected chi connectivity index (χ4v) is 2.19. The highest BCUT2D eigenvalue weighted by Gasteiger charge is 2.14. The second-order valence-corrected chi connectivity index (χ2v) is 4.57. The van der Waals surface area contributed by atoms with Gasteiger partial charge in [-0.1, -0.05) is 30.3 Å². The first-order valence-electron chi connectivity index (χ1n) is 6.37. The van der Waals surface area contributed by atoms with Gasteiger partial charge in [0.2, 0.25) is 5.91 Å². The molecule has 1 aliphatic heterocycles. The van der Waals surface area contributed by atoms with Gasteiger partial charge in [0.1, 0.15) is 0 Å². The molecule has 1 N–H and O–H groups in total. The van der Waals surface area contributed by atoms with Crippen molar-refractivity contribution in [3.63, 3.8) is 0 Å². The number of likely N-dealkylation sites (tertiary alicyclic amines) is 1. The normalized spacial score (nSPS) is 16.0. The maximum absolute atomic E-state index is 11.6. The van der Waals surface area contributed by atoms with Crippen molar-refractivity contribution in [1.29, 1.82) is 0 Å². The average Bonchev–Trinajstić information content (AvgIpc) is 2.83. The molecule has 2 rings (SSSR count). The number of nitrogens with zero attached hydrogens (tertiary/aromatic N) is 1. The second kappa shape index (κ2) is 6.40. The SMILES string of the molecule is O=C(CN1CCCC1)NCCc1ccccc1. The molecule has 0 aliphatic carbocycles. The van der Waals surface area contributed by atoms with Crippen LogP contribution in [0.2, 0.25) is 0 Å². The minimum Gasteiger partial charge on any atom is -0.355 e. The van der Waals surface area contributed by atoms with Crippen LogP contribution in [0.5, 0.6) is 0 Å². The Bertz CT molecular complexity index is 344. The van der Waals surface area contributed by atoms with Crippen molar-refractivity contribution in [2.75, 3.05) is 26.2 Å². The Morgan fingerprint density at radius 1 is 1.18 bits per heavy atom. The molecule has 1 amide bonds.